The van der Waals surface area contributed by atoms with Crippen molar-refractivity contribution >= 4 is 28.0 Å². The highest BCUT2D eigenvalue weighted by Crippen LogP contribution is 2.42. The van der Waals surface area contributed by atoms with Crippen molar-refractivity contribution in [3.63, 3.8) is 0 Å². The number of halogens is 4. The minimum absolute atomic E-state index is 0.0526. The Labute approximate surface area is 149 Å². The van der Waals surface area contributed by atoms with Crippen LogP contribution in [0.3, 0.4) is 0 Å². The summed E-state index contributed by atoms with van der Waals surface area (Å²) in [5.74, 6) is -5.52. The summed E-state index contributed by atoms with van der Waals surface area (Å²) < 4.78 is 94.8. The molecule has 27 heavy (non-hydrogen) atoms. The van der Waals surface area contributed by atoms with Gasteiger partial charge in [-0.05, 0) is 12.3 Å². The molecule has 0 radical (unpaired) electrons. The number of alkyl halides is 4. The number of rotatable bonds is 5. The normalized spacial score (nSPS) is 30.2. The Kier molecular flexibility index (Phi) is 5.45. The molecule has 5 atom stereocenters. The van der Waals surface area contributed by atoms with Crippen LogP contribution >= 0.6 is 0 Å². The summed E-state index contributed by atoms with van der Waals surface area (Å²) in [5.41, 5.74) is 0. The molecule has 5 unspecified atom stereocenters. The van der Waals surface area contributed by atoms with Crippen LogP contribution in [-0.2, 0) is 38.7 Å². The first-order valence-corrected chi connectivity index (χ1v) is 8.91. The second kappa shape index (κ2) is 6.89. The van der Waals surface area contributed by atoms with E-state index in [-0.39, 0.29) is 12.3 Å². The Balaban J connectivity index is 2.01. The van der Waals surface area contributed by atoms with E-state index in [4.69, 9.17) is 14.0 Å². The largest absolute Gasteiger partial charge is 0.458 e. The van der Waals surface area contributed by atoms with Crippen molar-refractivity contribution in [3.05, 3.63) is 0 Å². The average molecular weight is 422 g/mol. The van der Waals surface area contributed by atoms with Gasteiger partial charge in [-0.15, -0.1) is 0 Å². The summed E-state index contributed by atoms with van der Waals surface area (Å²) in [6, 6.07) is 0. The lowest BCUT2D eigenvalue weighted by molar-refractivity contribution is -0.216. The highest BCUT2D eigenvalue weighted by molar-refractivity contribution is 7.88. The van der Waals surface area contributed by atoms with Gasteiger partial charge in [0.1, 0.15) is 12.2 Å². The van der Waals surface area contributed by atoms with E-state index in [0.717, 1.165) is 0 Å². The third kappa shape index (κ3) is 3.85. The molecule has 2 fully saturated rings. The third-order valence-electron chi connectivity index (χ3n) is 4.29. The maximum atomic E-state index is 13.7. The van der Waals surface area contributed by atoms with Crippen molar-refractivity contribution in [2.75, 3.05) is 6.61 Å². The lowest BCUT2D eigenvalue weighted by Crippen LogP contribution is -2.55. The molecule has 9 nitrogen and oxygen atoms in total. The van der Waals surface area contributed by atoms with Crippen molar-refractivity contribution in [1.29, 1.82) is 0 Å². The first-order chi connectivity index (χ1) is 12.2. The van der Waals surface area contributed by atoms with Crippen molar-refractivity contribution in [2.24, 2.45) is 11.8 Å². The van der Waals surface area contributed by atoms with Crippen molar-refractivity contribution in [2.45, 2.75) is 43.2 Å². The monoisotopic (exact) mass is 422 g/mol. The zero-order valence-corrected chi connectivity index (χ0v) is 14.4. The van der Waals surface area contributed by atoms with Gasteiger partial charge >= 0.3 is 39.2 Å². The van der Waals surface area contributed by atoms with Gasteiger partial charge < -0.3 is 14.2 Å². The summed E-state index contributed by atoms with van der Waals surface area (Å²) in [6.07, 6.45) is -7.65. The zero-order chi connectivity index (χ0) is 20.8. The molecule has 154 valence electrons. The highest BCUT2D eigenvalue weighted by atomic mass is 32.2. The molecule has 1 aliphatic heterocycles. The highest BCUT2D eigenvalue weighted by Gasteiger charge is 2.72. The molecule has 2 bridgehead atoms. The molecule has 0 aromatic carbocycles. The molecule has 2 rings (SSSR count). The molecule has 0 aromatic rings. The third-order valence-corrected chi connectivity index (χ3v) is 5.40. The van der Waals surface area contributed by atoms with Gasteiger partial charge in [-0.25, -0.2) is 14.0 Å². The Morgan fingerprint density at radius 3 is 2.37 bits per heavy atom. The second-order valence-corrected chi connectivity index (χ2v) is 7.74. The van der Waals surface area contributed by atoms with Gasteiger partial charge in [-0.2, -0.15) is 21.6 Å². The maximum Gasteiger partial charge on any atom is 0.451 e. The minimum Gasteiger partial charge on any atom is -0.458 e. The van der Waals surface area contributed by atoms with E-state index in [2.05, 4.69) is 4.74 Å². The Bertz CT molecular complexity index is 749. The molecular weight excluding hydrogens is 408 g/mol. The predicted molar refractivity (Wildman–Crippen MR) is 74.0 cm³/mol. The SMILES string of the molecule is CC1CC2CC(=O)OC1C2OC(=O)COC(=O)C(F)(C(F)(F)F)S(=O)(=O)O. The number of carbonyl (C=O) groups excluding carboxylic acids is 3. The van der Waals surface area contributed by atoms with Crippen LogP contribution in [0.4, 0.5) is 17.6 Å². The van der Waals surface area contributed by atoms with Crippen molar-refractivity contribution in [1.82, 2.24) is 0 Å². The fraction of sp³-hybridized carbons (Fsp3) is 0.769. The summed E-state index contributed by atoms with van der Waals surface area (Å²) in [7, 11) is -6.59. The van der Waals surface area contributed by atoms with Gasteiger partial charge in [0, 0.05) is 5.92 Å². The van der Waals surface area contributed by atoms with Gasteiger partial charge in [0.2, 0.25) is 0 Å². The summed E-state index contributed by atoms with van der Waals surface area (Å²) in [6.45, 7) is 0.172. The molecule has 1 saturated carbocycles. The van der Waals surface area contributed by atoms with Crippen LogP contribution in [0.25, 0.3) is 0 Å². The summed E-state index contributed by atoms with van der Waals surface area (Å²) in [5, 5.41) is -5.76. The smallest absolute Gasteiger partial charge is 0.451 e. The molecule has 0 amide bonds. The standard InChI is InChI=1S/C13H14F4O9S/c1-5-2-6-3-7(18)25-9(5)10(6)26-8(19)4-24-11(20)12(14,13(15,16)17)27(21,22)23/h5-6,9-10H,2-4H2,1H3,(H,21,22,23). The van der Waals surface area contributed by atoms with Crippen LogP contribution in [0, 0.1) is 11.8 Å². The van der Waals surface area contributed by atoms with Crippen LogP contribution in [0.15, 0.2) is 0 Å². The predicted octanol–water partition coefficient (Wildman–Crippen LogP) is 0.529. The average Bonchev–Trinajstić information content (AvgIpc) is 2.68. The van der Waals surface area contributed by atoms with Gasteiger partial charge in [-0.3, -0.25) is 9.35 Å². The van der Waals surface area contributed by atoms with Gasteiger partial charge in [0.15, 0.2) is 6.61 Å². The number of carbonyl (C=O) groups is 3. The van der Waals surface area contributed by atoms with Crippen molar-refractivity contribution < 1.29 is 59.1 Å². The van der Waals surface area contributed by atoms with Crippen LogP contribution in [0.2, 0.25) is 0 Å². The van der Waals surface area contributed by atoms with Crippen LogP contribution in [0.5, 0.6) is 0 Å². The topological polar surface area (TPSA) is 133 Å². The van der Waals surface area contributed by atoms with E-state index < -0.39 is 63.9 Å². The number of esters is 3. The van der Waals surface area contributed by atoms with E-state index in [1.807, 2.05) is 0 Å². The van der Waals surface area contributed by atoms with E-state index in [1.54, 1.807) is 6.92 Å². The Morgan fingerprint density at radius 1 is 1.30 bits per heavy atom. The van der Waals surface area contributed by atoms with Gasteiger partial charge in [0.25, 0.3) is 0 Å². The fourth-order valence-corrected chi connectivity index (χ4v) is 3.63. The van der Waals surface area contributed by atoms with E-state index in [9.17, 15) is 40.4 Å². The van der Waals surface area contributed by atoms with Crippen molar-refractivity contribution in [3.8, 4) is 0 Å². The molecule has 0 spiro atoms. The molecule has 2 aliphatic rings. The van der Waals surface area contributed by atoms with E-state index >= 15 is 0 Å². The Hall–Kier alpha value is -1.96. The molecule has 0 aromatic heterocycles. The van der Waals surface area contributed by atoms with Crippen LogP contribution in [0.1, 0.15) is 19.8 Å². The van der Waals surface area contributed by atoms with E-state index in [0.29, 0.717) is 6.42 Å². The molecular formula is C13H14F4O9S. The van der Waals surface area contributed by atoms with Crippen LogP contribution in [-0.4, -0.2) is 60.9 Å². The Morgan fingerprint density at radius 2 is 1.89 bits per heavy atom. The number of hydrogen-bond donors (Lipinski definition) is 1. The molecule has 1 saturated heterocycles. The number of fused-ring (bicyclic) bond motifs is 2. The lowest BCUT2D eigenvalue weighted by atomic mass is 9.99. The number of hydrogen-bond acceptors (Lipinski definition) is 8. The summed E-state index contributed by atoms with van der Waals surface area (Å²) >= 11 is 0. The number of ether oxygens (including phenoxy) is 3. The summed E-state index contributed by atoms with van der Waals surface area (Å²) in [4.78, 5) is 34.3. The first-order valence-electron chi connectivity index (χ1n) is 7.47. The molecule has 14 heteroatoms. The van der Waals surface area contributed by atoms with Crippen LogP contribution < -0.4 is 0 Å². The molecule has 1 N–H and O–H groups in total. The second-order valence-electron chi connectivity index (χ2n) is 6.23. The molecule has 1 heterocycles. The van der Waals surface area contributed by atoms with Gasteiger partial charge in [-0.1, -0.05) is 6.92 Å². The van der Waals surface area contributed by atoms with E-state index in [1.165, 1.54) is 0 Å². The molecule has 1 aliphatic carbocycles. The fourth-order valence-electron chi connectivity index (χ4n) is 3.07. The quantitative estimate of drug-likeness (QED) is 0.291. The zero-order valence-electron chi connectivity index (χ0n) is 13.6. The maximum absolute atomic E-state index is 13.7. The first kappa shape index (κ1) is 21.3. The minimum atomic E-state index is -6.59. The van der Waals surface area contributed by atoms with Gasteiger partial charge in [0.05, 0.1) is 6.42 Å². The lowest BCUT2D eigenvalue weighted by Gasteiger charge is -2.30.